The van der Waals surface area contributed by atoms with Gasteiger partial charge in [0.05, 0.1) is 17.6 Å². The van der Waals surface area contributed by atoms with E-state index in [2.05, 4.69) is 4.72 Å². The number of aliphatic hydroxyl groups excluding tert-OH is 1. The average molecular weight is 313 g/mol. The summed E-state index contributed by atoms with van der Waals surface area (Å²) >= 11 is 0. The number of aliphatic hydroxyl groups is 1. The first-order valence-electron chi connectivity index (χ1n) is 7.15. The molecule has 0 aliphatic heterocycles. The molecule has 1 aliphatic rings. The predicted molar refractivity (Wildman–Crippen MR) is 80.3 cm³/mol. The molecule has 0 saturated heterocycles. The van der Waals surface area contributed by atoms with Gasteiger partial charge in [-0.25, -0.2) is 13.1 Å². The fraction of sp³-hybridized carbons (Fsp3) is 0.600. The van der Waals surface area contributed by atoms with Gasteiger partial charge in [0.2, 0.25) is 10.0 Å². The topological polar surface area (TPSA) is 75.6 Å². The van der Waals surface area contributed by atoms with E-state index in [0.717, 1.165) is 0 Å². The SMILES string of the molecule is CCOC1CC(NS(=O)(=O)c2ccc(CO)cc2)C1(C)C. The normalized spacial score (nSPS) is 24.6. The van der Waals surface area contributed by atoms with Crippen LogP contribution in [0.3, 0.4) is 0 Å². The second-order valence-corrected chi connectivity index (χ2v) is 7.69. The molecule has 118 valence electrons. The fourth-order valence-corrected chi connectivity index (χ4v) is 4.00. The molecule has 2 rings (SSSR count). The van der Waals surface area contributed by atoms with Gasteiger partial charge in [0, 0.05) is 18.1 Å². The zero-order valence-corrected chi connectivity index (χ0v) is 13.5. The minimum Gasteiger partial charge on any atom is -0.392 e. The first-order chi connectivity index (χ1) is 9.81. The molecule has 0 radical (unpaired) electrons. The van der Waals surface area contributed by atoms with Crippen molar-refractivity contribution < 1.29 is 18.3 Å². The summed E-state index contributed by atoms with van der Waals surface area (Å²) in [6, 6.07) is 6.13. The first kappa shape index (κ1) is 16.4. The zero-order chi connectivity index (χ0) is 15.7. The molecule has 2 atom stereocenters. The highest BCUT2D eigenvalue weighted by molar-refractivity contribution is 7.89. The van der Waals surface area contributed by atoms with E-state index in [1.54, 1.807) is 12.1 Å². The van der Waals surface area contributed by atoms with Crippen LogP contribution in [0.4, 0.5) is 0 Å². The number of ether oxygens (including phenoxy) is 1. The van der Waals surface area contributed by atoms with Crippen molar-refractivity contribution in [1.29, 1.82) is 0 Å². The monoisotopic (exact) mass is 313 g/mol. The molecule has 2 N–H and O–H groups in total. The van der Waals surface area contributed by atoms with E-state index in [-0.39, 0.29) is 29.1 Å². The number of benzene rings is 1. The van der Waals surface area contributed by atoms with E-state index >= 15 is 0 Å². The van der Waals surface area contributed by atoms with Crippen molar-refractivity contribution >= 4 is 10.0 Å². The van der Waals surface area contributed by atoms with E-state index in [1.807, 2.05) is 20.8 Å². The number of rotatable bonds is 6. The lowest BCUT2D eigenvalue weighted by Gasteiger charge is -2.51. The molecule has 0 amide bonds. The zero-order valence-electron chi connectivity index (χ0n) is 12.7. The molecular formula is C15H23NO4S. The average Bonchev–Trinajstić information content (AvgIpc) is 2.46. The standard InChI is InChI=1S/C15H23NO4S/c1-4-20-14-9-13(15(14,2)3)16-21(18,19)12-7-5-11(10-17)6-8-12/h5-8,13-14,16-17H,4,9-10H2,1-3H3. The van der Waals surface area contributed by atoms with E-state index in [0.29, 0.717) is 18.6 Å². The Morgan fingerprint density at radius 1 is 1.33 bits per heavy atom. The Labute approximate surface area is 126 Å². The lowest BCUT2D eigenvalue weighted by molar-refractivity contribution is -0.108. The highest BCUT2D eigenvalue weighted by Crippen LogP contribution is 2.43. The van der Waals surface area contributed by atoms with E-state index in [4.69, 9.17) is 9.84 Å². The van der Waals surface area contributed by atoms with Gasteiger partial charge in [-0.1, -0.05) is 26.0 Å². The molecule has 0 spiro atoms. The second kappa shape index (κ2) is 6.04. The van der Waals surface area contributed by atoms with Crippen LogP contribution in [-0.2, 0) is 21.4 Å². The highest BCUT2D eigenvalue weighted by atomic mass is 32.2. The summed E-state index contributed by atoms with van der Waals surface area (Å²) in [6.07, 6.45) is 0.779. The van der Waals surface area contributed by atoms with Crippen molar-refractivity contribution in [2.75, 3.05) is 6.61 Å². The Balaban J connectivity index is 2.08. The molecule has 0 heterocycles. The van der Waals surface area contributed by atoms with Crippen LogP contribution in [0.25, 0.3) is 0 Å². The van der Waals surface area contributed by atoms with Gasteiger partial charge in [0.1, 0.15) is 0 Å². The number of nitrogens with one attached hydrogen (secondary N) is 1. The molecule has 0 aromatic heterocycles. The molecule has 5 nitrogen and oxygen atoms in total. The second-order valence-electron chi connectivity index (χ2n) is 5.98. The van der Waals surface area contributed by atoms with Crippen LogP contribution in [0, 0.1) is 5.41 Å². The predicted octanol–water partition coefficient (Wildman–Crippen LogP) is 1.66. The summed E-state index contributed by atoms with van der Waals surface area (Å²) in [4.78, 5) is 0.218. The van der Waals surface area contributed by atoms with Crippen LogP contribution >= 0.6 is 0 Å². The third-order valence-electron chi connectivity index (χ3n) is 4.26. The van der Waals surface area contributed by atoms with E-state index < -0.39 is 10.0 Å². The highest BCUT2D eigenvalue weighted by Gasteiger charge is 2.50. The summed E-state index contributed by atoms with van der Waals surface area (Å²) in [7, 11) is -3.54. The van der Waals surface area contributed by atoms with Crippen molar-refractivity contribution in [3.63, 3.8) is 0 Å². The molecular weight excluding hydrogens is 290 g/mol. The summed E-state index contributed by atoms with van der Waals surface area (Å²) in [5, 5.41) is 8.99. The molecule has 6 heteroatoms. The van der Waals surface area contributed by atoms with Gasteiger partial charge < -0.3 is 9.84 Å². The van der Waals surface area contributed by atoms with Gasteiger partial charge in [0.15, 0.2) is 0 Å². The van der Waals surface area contributed by atoms with Crippen LogP contribution in [0.1, 0.15) is 32.8 Å². The number of hydrogen-bond donors (Lipinski definition) is 2. The largest absolute Gasteiger partial charge is 0.392 e. The number of hydrogen-bond acceptors (Lipinski definition) is 4. The maximum Gasteiger partial charge on any atom is 0.240 e. The van der Waals surface area contributed by atoms with Gasteiger partial charge in [-0.3, -0.25) is 0 Å². The Bertz CT molecular complexity index is 580. The Hall–Kier alpha value is -0.950. The fourth-order valence-electron chi connectivity index (χ4n) is 2.60. The van der Waals surface area contributed by atoms with Gasteiger partial charge in [-0.2, -0.15) is 0 Å². The summed E-state index contributed by atoms with van der Waals surface area (Å²) < 4.78 is 33.1. The van der Waals surface area contributed by atoms with Crippen molar-refractivity contribution in [3.05, 3.63) is 29.8 Å². The minimum absolute atomic E-state index is 0.0898. The van der Waals surface area contributed by atoms with Crippen molar-refractivity contribution in [3.8, 4) is 0 Å². The first-order valence-corrected chi connectivity index (χ1v) is 8.63. The lowest BCUT2D eigenvalue weighted by atomic mass is 9.65. The van der Waals surface area contributed by atoms with Crippen molar-refractivity contribution in [2.24, 2.45) is 5.41 Å². The smallest absolute Gasteiger partial charge is 0.240 e. The Morgan fingerprint density at radius 3 is 2.43 bits per heavy atom. The van der Waals surface area contributed by atoms with Crippen molar-refractivity contribution in [2.45, 2.75) is 50.8 Å². The molecule has 2 unspecified atom stereocenters. The van der Waals surface area contributed by atoms with Gasteiger partial charge >= 0.3 is 0 Å². The van der Waals surface area contributed by atoms with Gasteiger partial charge in [-0.15, -0.1) is 0 Å². The van der Waals surface area contributed by atoms with E-state index in [1.165, 1.54) is 12.1 Å². The Kier molecular flexibility index (Phi) is 4.72. The molecule has 0 bridgehead atoms. The van der Waals surface area contributed by atoms with Gasteiger partial charge in [0.25, 0.3) is 0 Å². The van der Waals surface area contributed by atoms with Crippen LogP contribution in [0.5, 0.6) is 0 Å². The van der Waals surface area contributed by atoms with Gasteiger partial charge in [-0.05, 0) is 31.0 Å². The maximum absolute atomic E-state index is 12.4. The minimum atomic E-state index is -3.54. The van der Waals surface area contributed by atoms with Crippen LogP contribution < -0.4 is 4.72 Å². The van der Waals surface area contributed by atoms with E-state index in [9.17, 15) is 8.42 Å². The summed E-state index contributed by atoms with van der Waals surface area (Å²) in [5.41, 5.74) is 0.475. The number of sulfonamides is 1. The third kappa shape index (κ3) is 3.29. The molecule has 21 heavy (non-hydrogen) atoms. The van der Waals surface area contributed by atoms with Crippen molar-refractivity contribution in [1.82, 2.24) is 4.72 Å². The summed E-state index contributed by atoms with van der Waals surface area (Å²) in [6.45, 7) is 6.50. The molecule has 1 aliphatic carbocycles. The maximum atomic E-state index is 12.4. The third-order valence-corrected chi connectivity index (χ3v) is 5.75. The summed E-state index contributed by atoms with van der Waals surface area (Å²) in [5.74, 6) is 0. The molecule has 1 aromatic rings. The van der Waals surface area contributed by atoms with Crippen LogP contribution in [0.2, 0.25) is 0 Å². The quantitative estimate of drug-likeness (QED) is 0.837. The lowest BCUT2D eigenvalue weighted by Crippen LogP contribution is -2.61. The van der Waals surface area contributed by atoms with Crippen LogP contribution in [-0.4, -0.2) is 32.3 Å². The molecule has 1 aromatic carbocycles. The van der Waals surface area contributed by atoms with Crippen LogP contribution in [0.15, 0.2) is 29.2 Å². The molecule has 1 saturated carbocycles. The molecule has 1 fully saturated rings. The Morgan fingerprint density at radius 2 is 1.95 bits per heavy atom.